The second kappa shape index (κ2) is 8.21. The Labute approximate surface area is 145 Å². The maximum atomic E-state index is 12.3. The van der Waals surface area contributed by atoms with E-state index in [0.717, 1.165) is 5.69 Å². The Kier molecular flexibility index (Phi) is 6.03. The van der Waals surface area contributed by atoms with Crippen molar-refractivity contribution in [1.82, 2.24) is 5.43 Å². The number of anilines is 1. The van der Waals surface area contributed by atoms with E-state index in [0.29, 0.717) is 21.9 Å². The van der Waals surface area contributed by atoms with E-state index in [9.17, 15) is 9.70 Å². The molecule has 0 radical (unpaired) electrons. The molecule has 0 fully saturated rings. The van der Waals surface area contributed by atoms with Crippen LogP contribution in [0.1, 0.15) is 15.9 Å². The van der Waals surface area contributed by atoms with E-state index in [2.05, 4.69) is 15.7 Å². The first-order valence-electron chi connectivity index (χ1n) is 7.20. The largest absolute Gasteiger partial charge is 0.378 e. The molecule has 0 saturated carbocycles. The summed E-state index contributed by atoms with van der Waals surface area (Å²) >= 11 is 5.94. The van der Waals surface area contributed by atoms with Gasteiger partial charge in [0, 0.05) is 35.9 Å². The Morgan fingerprint density at radius 3 is 2.50 bits per heavy atom. The topological polar surface area (TPSA) is 74.1 Å². The molecule has 2 aromatic carbocycles. The van der Waals surface area contributed by atoms with Crippen LogP contribution in [0.15, 0.2) is 58.8 Å². The molecule has 0 aliphatic rings. The second-order valence-corrected chi connectivity index (χ2v) is 5.68. The van der Waals surface area contributed by atoms with Crippen LogP contribution in [0.25, 0.3) is 0 Å². The highest BCUT2D eigenvalue weighted by Crippen LogP contribution is 2.14. The standard InChI is InChI=1S/C17H17ClN4O2/c1-22(2)15-8-4-6-13(10-15)17(23)21-20-16(11-19-24)12-5-3-7-14(18)9-12/h3-10H,11H2,1-2H3,(H,21,23). The van der Waals surface area contributed by atoms with Crippen molar-refractivity contribution < 1.29 is 4.79 Å². The van der Waals surface area contributed by atoms with Crippen LogP contribution in [0, 0.1) is 4.91 Å². The Hall–Kier alpha value is -2.73. The number of carbonyl (C=O) groups is 1. The summed E-state index contributed by atoms with van der Waals surface area (Å²) in [6.07, 6.45) is 0. The van der Waals surface area contributed by atoms with Gasteiger partial charge in [-0.25, -0.2) is 5.43 Å². The van der Waals surface area contributed by atoms with E-state index in [4.69, 9.17) is 11.6 Å². The Bertz CT molecular complexity index is 775. The second-order valence-electron chi connectivity index (χ2n) is 5.24. The van der Waals surface area contributed by atoms with Gasteiger partial charge in [0.1, 0.15) is 6.54 Å². The molecule has 2 aromatic rings. The lowest BCUT2D eigenvalue weighted by Gasteiger charge is -2.13. The number of hydrogen-bond donors (Lipinski definition) is 1. The van der Waals surface area contributed by atoms with Crippen molar-refractivity contribution in [2.45, 2.75) is 0 Å². The molecule has 2 rings (SSSR count). The average molecular weight is 345 g/mol. The molecule has 7 heteroatoms. The van der Waals surface area contributed by atoms with Crippen molar-refractivity contribution in [1.29, 1.82) is 0 Å². The summed E-state index contributed by atoms with van der Waals surface area (Å²) in [7, 11) is 3.78. The van der Waals surface area contributed by atoms with Gasteiger partial charge in [-0.3, -0.25) is 4.79 Å². The number of nitroso groups, excluding NO2 is 1. The molecule has 0 heterocycles. The smallest absolute Gasteiger partial charge is 0.271 e. The molecular formula is C17H17ClN4O2. The molecule has 124 valence electrons. The minimum atomic E-state index is -0.371. The van der Waals surface area contributed by atoms with Crippen molar-refractivity contribution in [3.63, 3.8) is 0 Å². The van der Waals surface area contributed by atoms with Gasteiger partial charge < -0.3 is 4.90 Å². The zero-order chi connectivity index (χ0) is 17.5. The number of carbonyl (C=O) groups excluding carboxylic acids is 1. The monoisotopic (exact) mass is 344 g/mol. The highest BCUT2D eigenvalue weighted by Gasteiger charge is 2.09. The number of amides is 1. The van der Waals surface area contributed by atoms with Gasteiger partial charge in [-0.1, -0.05) is 35.0 Å². The van der Waals surface area contributed by atoms with Crippen molar-refractivity contribution in [3.8, 4) is 0 Å². The summed E-state index contributed by atoms with van der Waals surface area (Å²) in [5.41, 5.74) is 4.79. The summed E-state index contributed by atoms with van der Waals surface area (Å²) in [5.74, 6) is -0.371. The first kappa shape index (κ1) is 17.6. The molecule has 0 aliphatic carbocycles. The fraction of sp³-hybridized carbons (Fsp3) is 0.176. The van der Waals surface area contributed by atoms with Crippen LogP contribution in [-0.4, -0.2) is 32.3 Å². The minimum Gasteiger partial charge on any atom is -0.378 e. The van der Waals surface area contributed by atoms with E-state index >= 15 is 0 Å². The van der Waals surface area contributed by atoms with E-state index in [-0.39, 0.29) is 12.5 Å². The summed E-state index contributed by atoms with van der Waals surface area (Å²) in [5, 5.41) is 7.39. The maximum absolute atomic E-state index is 12.3. The zero-order valence-corrected chi connectivity index (χ0v) is 14.1. The molecule has 1 amide bonds. The normalized spacial score (nSPS) is 11.0. The van der Waals surface area contributed by atoms with Crippen LogP contribution in [0.2, 0.25) is 5.02 Å². The van der Waals surface area contributed by atoms with Crippen molar-refractivity contribution in [2.24, 2.45) is 10.3 Å². The third kappa shape index (κ3) is 4.63. The van der Waals surface area contributed by atoms with Gasteiger partial charge in [-0.2, -0.15) is 10.0 Å². The Morgan fingerprint density at radius 2 is 1.83 bits per heavy atom. The number of rotatable bonds is 6. The lowest BCUT2D eigenvalue weighted by molar-refractivity contribution is 0.0955. The summed E-state index contributed by atoms with van der Waals surface area (Å²) in [6, 6.07) is 14.0. The average Bonchev–Trinajstić information content (AvgIpc) is 2.58. The van der Waals surface area contributed by atoms with Gasteiger partial charge in [0.25, 0.3) is 5.91 Å². The van der Waals surface area contributed by atoms with Crippen molar-refractivity contribution in [3.05, 3.63) is 69.6 Å². The number of nitrogens with one attached hydrogen (secondary N) is 1. The summed E-state index contributed by atoms with van der Waals surface area (Å²) in [6.45, 7) is -0.168. The van der Waals surface area contributed by atoms with Crippen LogP contribution in [-0.2, 0) is 0 Å². The van der Waals surface area contributed by atoms with Crippen LogP contribution >= 0.6 is 11.6 Å². The van der Waals surface area contributed by atoms with Gasteiger partial charge in [0.2, 0.25) is 0 Å². The molecule has 0 unspecified atom stereocenters. The molecule has 0 bridgehead atoms. The highest BCUT2D eigenvalue weighted by molar-refractivity contribution is 6.31. The van der Waals surface area contributed by atoms with E-state index in [1.54, 1.807) is 42.5 Å². The SMILES string of the molecule is CN(C)c1cccc(C(=O)NN=C(CN=O)c2cccc(Cl)c2)c1. The Morgan fingerprint density at radius 1 is 1.12 bits per heavy atom. The molecule has 0 spiro atoms. The van der Waals surface area contributed by atoms with E-state index < -0.39 is 0 Å². The molecule has 0 aliphatic heterocycles. The summed E-state index contributed by atoms with van der Waals surface area (Å²) in [4.78, 5) is 24.8. The molecule has 0 aromatic heterocycles. The first-order chi connectivity index (χ1) is 11.5. The molecular weight excluding hydrogens is 328 g/mol. The molecule has 0 saturated heterocycles. The first-order valence-corrected chi connectivity index (χ1v) is 7.58. The predicted molar refractivity (Wildman–Crippen MR) is 96.9 cm³/mol. The van der Waals surface area contributed by atoms with Gasteiger partial charge in [-0.05, 0) is 30.3 Å². The van der Waals surface area contributed by atoms with E-state index in [1.165, 1.54) is 0 Å². The minimum absolute atomic E-state index is 0.168. The van der Waals surface area contributed by atoms with Crippen LogP contribution in [0.5, 0.6) is 0 Å². The van der Waals surface area contributed by atoms with Crippen LogP contribution in [0.4, 0.5) is 5.69 Å². The Balaban J connectivity index is 2.21. The fourth-order valence-corrected chi connectivity index (χ4v) is 2.22. The van der Waals surface area contributed by atoms with Crippen LogP contribution in [0.3, 0.4) is 0 Å². The lowest BCUT2D eigenvalue weighted by atomic mass is 10.1. The molecule has 6 nitrogen and oxygen atoms in total. The van der Waals surface area contributed by atoms with Crippen molar-refractivity contribution >= 4 is 28.9 Å². The lowest BCUT2D eigenvalue weighted by Crippen LogP contribution is -2.21. The predicted octanol–water partition coefficient (Wildman–Crippen LogP) is 3.31. The number of hydrazone groups is 1. The number of halogens is 1. The van der Waals surface area contributed by atoms with Crippen molar-refractivity contribution in [2.75, 3.05) is 25.5 Å². The molecule has 0 atom stereocenters. The third-order valence-corrected chi connectivity index (χ3v) is 3.52. The fourth-order valence-electron chi connectivity index (χ4n) is 2.03. The van der Waals surface area contributed by atoms with Crippen LogP contribution < -0.4 is 10.3 Å². The summed E-state index contributed by atoms with van der Waals surface area (Å²) < 4.78 is 0. The third-order valence-electron chi connectivity index (χ3n) is 3.29. The number of nitrogens with zero attached hydrogens (tertiary/aromatic N) is 3. The maximum Gasteiger partial charge on any atom is 0.271 e. The van der Waals surface area contributed by atoms with Gasteiger partial charge in [0.15, 0.2) is 0 Å². The molecule has 1 N–H and O–H groups in total. The molecule has 24 heavy (non-hydrogen) atoms. The van der Waals surface area contributed by atoms with Gasteiger partial charge in [0.05, 0.1) is 5.71 Å². The van der Waals surface area contributed by atoms with Gasteiger partial charge >= 0.3 is 0 Å². The van der Waals surface area contributed by atoms with E-state index in [1.807, 2.05) is 25.1 Å². The van der Waals surface area contributed by atoms with Gasteiger partial charge in [-0.15, -0.1) is 0 Å². The highest BCUT2D eigenvalue weighted by atomic mass is 35.5. The zero-order valence-electron chi connectivity index (χ0n) is 13.4. The quantitative estimate of drug-likeness (QED) is 0.496. The number of benzene rings is 2. The number of hydrogen-bond acceptors (Lipinski definition) is 5.